The maximum atomic E-state index is 12.3. The summed E-state index contributed by atoms with van der Waals surface area (Å²) in [5, 5.41) is 14.7. The van der Waals surface area contributed by atoms with Crippen LogP contribution in [0.25, 0.3) is 11.1 Å². The van der Waals surface area contributed by atoms with E-state index >= 15 is 0 Å². The van der Waals surface area contributed by atoms with Crippen molar-refractivity contribution in [2.75, 3.05) is 37.6 Å². The van der Waals surface area contributed by atoms with Crippen LogP contribution in [0.15, 0.2) is 48.5 Å². The van der Waals surface area contributed by atoms with Crippen LogP contribution in [-0.4, -0.2) is 44.7 Å². The fourth-order valence-electron chi connectivity index (χ4n) is 3.74. The maximum Gasteiger partial charge on any atom is 0.249 e. The van der Waals surface area contributed by atoms with Gasteiger partial charge < -0.3 is 20.3 Å². The lowest BCUT2D eigenvalue weighted by Crippen LogP contribution is -2.43. The third-order valence-corrected chi connectivity index (χ3v) is 5.38. The van der Waals surface area contributed by atoms with Gasteiger partial charge in [-0.05, 0) is 47.2 Å². The zero-order valence-corrected chi connectivity index (χ0v) is 18.4. The van der Waals surface area contributed by atoms with Crippen molar-refractivity contribution in [1.29, 1.82) is 5.26 Å². The summed E-state index contributed by atoms with van der Waals surface area (Å²) in [5.74, 6) is 0.0910. The number of nitrogens with one attached hydrogen (secondary N) is 2. The highest BCUT2D eigenvalue weighted by Crippen LogP contribution is 2.25. The number of anilines is 1. The van der Waals surface area contributed by atoms with Gasteiger partial charge >= 0.3 is 0 Å². The Morgan fingerprint density at radius 3 is 2.58 bits per heavy atom. The van der Waals surface area contributed by atoms with Crippen molar-refractivity contribution in [3.8, 4) is 17.2 Å². The molecule has 1 aliphatic heterocycles. The van der Waals surface area contributed by atoms with Gasteiger partial charge in [0, 0.05) is 31.9 Å². The second kappa shape index (κ2) is 11.5. The minimum Gasteiger partial charge on any atom is -0.369 e. The van der Waals surface area contributed by atoms with Crippen molar-refractivity contribution < 1.29 is 9.53 Å². The SMILES string of the molecule is CC(C)C[C@@H](OCc1cccc(-c2ccc(N3CCNCC3)cc2)c1)C(=O)NCC#N. The molecule has 0 aromatic heterocycles. The average molecular weight is 421 g/mol. The van der Waals surface area contributed by atoms with Gasteiger partial charge in [-0.1, -0.05) is 44.2 Å². The van der Waals surface area contributed by atoms with E-state index in [-0.39, 0.29) is 12.5 Å². The van der Waals surface area contributed by atoms with E-state index in [0.29, 0.717) is 18.9 Å². The van der Waals surface area contributed by atoms with E-state index in [1.807, 2.05) is 18.2 Å². The normalized spacial score (nSPS) is 14.8. The predicted molar refractivity (Wildman–Crippen MR) is 124 cm³/mol. The Labute approximate surface area is 185 Å². The smallest absolute Gasteiger partial charge is 0.249 e. The molecule has 2 aromatic carbocycles. The molecule has 164 valence electrons. The molecule has 1 fully saturated rings. The Morgan fingerprint density at radius 2 is 1.90 bits per heavy atom. The van der Waals surface area contributed by atoms with Crippen LogP contribution in [0.1, 0.15) is 25.8 Å². The van der Waals surface area contributed by atoms with Crippen molar-refractivity contribution in [3.05, 3.63) is 54.1 Å². The monoisotopic (exact) mass is 420 g/mol. The number of nitrogens with zero attached hydrogens (tertiary/aromatic N) is 2. The first kappa shape index (κ1) is 22.8. The number of nitriles is 1. The molecule has 31 heavy (non-hydrogen) atoms. The van der Waals surface area contributed by atoms with Crippen LogP contribution in [-0.2, 0) is 16.1 Å². The van der Waals surface area contributed by atoms with Gasteiger partial charge in [-0.3, -0.25) is 4.79 Å². The zero-order valence-electron chi connectivity index (χ0n) is 18.4. The van der Waals surface area contributed by atoms with E-state index in [1.165, 1.54) is 5.69 Å². The highest BCUT2D eigenvalue weighted by atomic mass is 16.5. The molecule has 2 aromatic rings. The van der Waals surface area contributed by atoms with Crippen molar-refractivity contribution in [2.45, 2.75) is 33.0 Å². The van der Waals surface area contributed by atoms with Crippen LogP contribution in [0, 0.1) is 17.2 Å². The highest BCUT2D eigenvalue weighted by Gasteiger charge is 2.20. The maximum absolute atomic E-state index is 12.3. The highest BCUT2D eigenvalue weighted by molar-refractivity contribution is 5.81. The molecule has 0 aliphatic carbocycles. The molecule has 1 amide bonds. The third-order valence-electron chi connectivity index (χ3n) is 5.38. The van der Waals surface area contributed by atoms with E-state index in [0.717, 1.165) is 42.9 Å². The van der Waals surface area contributed by atoms with Crippen LogP contribution in [0.2, 0.25) is 0 Å². The van der Waals surface area contributed by atoms with Crippen molar-refractivity contribution >= 4 is 11.6 Å². The minimum atomic E-state index is -0.560. The molecule has 0 spiro atoms. The van der Waals surface area contributed by atoms with Gasteiger partial charge in [-0.2, -0.15) is 5.26 Å². The molecule has 1 heterocycles. The van der Waals surface area contributed by atoms with E-state index in [4.69, 9.17) is 10.00 Å². The number of hydrogen-bond acceptors (Lipinski definition) is 5. The van der Waals surface area contributed by atoms with Gasteiger partial charge in [0.2, 0.25) is 5.91 Å². The number of amides is 1. The number of benzene rings is 2. The van der Waals surface area contributed by atoms with Gasteiger partial charge in [-0.15, -0.1) is 0 Å². The Hall–Kier alpha value is -2.88. The first-order valence-electron chi connectivity index (χ1n) is 11.0. The van der Waals surface area contributed by atoms with Gasteiger partial charge in [0.25, 0.3) is 0 Å². The Morgan fingerprint density at radius 1 is 1.16 bits per heavy atom. The fraction of sp³-hybridized carbons (Fsp3) is 0.440. The predicted octanol–water partition coefficient (Wildman–Crippen LogP) is 3.33. The molecule has 0 radical (unpaired) electrons. The van der Waals surface area contributed by atoms with Crippen LogP contribution < -0.4 is 15.5 Å². The topological polar surface area (TPSA) is 77.4 Å². The van der Waals surface area contributed by atoms with Gasteiger partial charge in [0.15, 0.2) is 0 Å². The van der Waals surface area contributed by atoms with Crippen LogP contribution in [0.5, 0.6) is 0 Å². The lowest BCUT2D eigenvalue weighted by atomic mass is 10.0. The second-order valence-corrected chi connectivity index (χ2v) is 8.29. The molecule has 6 nitrogen and oxygen atoms in total. The number of ether oxygens (including phenoxy) is 1. The summed E-state index contributed by atoms with van der Waals surface area (Å²) in [5.41, 5.74) is 4.56. The largest absolute Gasteiger partial charge is 0.369 e. The number of hydrogen-bond donors (Lipinski definition) is 2. The van der Waals surface area contributed by atoms with Gasteiger partial charge in [0.1, 0.15) is 12.6 Å². The second-order valence-electron chi connectivity index (χ2n) is 8.29. The summed E-state index contributed by atoms with van der Waals surface area (Å²) in [4.78, 5) is 14.7. The van der Waals surface area contributed by atoms with Crippen LogP contribution in [0.4, 0.5) is 5.69 Å². The Bertz CT molecular complexity index is 883. The standard InChI is InChI=1S/C25H32N4O2/c1-19(2)16-24(25(30)28-11-10-26)31-18-20-4-3-5-22(17-20)21-6-8-23(9-7-21)29-14-12-27-13-15-29/h3-9,17,19,24,27H,11-16,18H2,1-2H3,(H,28,30)/t24-/m1/s1. The van der Waals surface area contributed by atoms with Crippen molar-refractivity contribution in [3.63, 3.8) is 0 Å². The van der Waals surface area contributed by atoms with Crippen LogP contribution >= 0.6 is 0 Å². The number of piperazine rings is 1. The molecular weight excluding hydrogens is 388 g/mol. The summed E-state index contributed by atoms with van der Waals surface area (Å²) >= 11 is 0. The number of carbonyl (C=O) groups excluding carboxylic acids is 1. The lowest BCUT2D eigenvalue weighted by Gasteiger charge is -2.29. The summed E-state index contributed by atoms with van der Waals surface area (Å²) in [7, 11) is 0. The average Bonchev–Trinajstić information content (AvgIpc) is 2.81. The Balaban J connectivity index is 1.65. The minimum absolute atomic E-state index is 0.00376. The lowest BCUT2D eigenvalue weighted by molar-refractivity contribution is -0.134. The van der Waals surface area contributed by atoms with Crippen molar-refractivity contribution in [1.82, 2.24) is 10.6 Å². The third kappa shape index (κ3) is 6.81. The zero-order chi connectivity index (χ0) is 22.1. The molecule has 0 unspecified atom stereocenters. The number of rotatable bonds is 9. The summed E-state index contributed by atoms with van der Waals surface area (Å²) in [6, 6.07) is 18.9. The van der Waals surface area contributed by atoms with Gasteiger partial charge in [0.05, 0.1) is 12.7 Å². The van der Waals surface area contributed by atoms with E-state index in [9.17, 15) is 4.79 Å². The van der Waals surface area contributed by atoms with Crippen LogP contribution in [0.3, 0.4) is 0 Å². The molecule has 6 heteroatoms. The van der Waals surface area contributed by atoms with E-state index < -0.39 is 6.10 Å². The molecule has 0 saturated carbocycles. The molecule has 0 bridgehead atoms. The molecule has 1 saturated heterocycles. The first-order valence-corrected chi connectivity index (χ1v) is 11.0. The molecule has 2 N–H and O–H groups in total. The van der Waals surface area contributed by atoms with E-state index in [1.54, 1.807) is 0 Å². The fourth-order valence-corrected chi connectivity index (χ4v) is 3.74. The summed E-state index contributed by atoms with van der Waals surface area (Å²) in [6.07, 6.45) is 0.0556. The molecule has 3 rings (SSSR count). The van der Waals surface area contributed by atoms with Crippen molar-refractivity contribution in [2.24, 2.45) is 5.92 Å². The summed E-state index contributed by atoms with van der Waals surface area (Å²) in [6.45, 7) is 8.57. The first-order chi connectivity index (χ1) is 15.1. The number of carbonyl (C=O) groups is 1. The Kier molecular flexibility index (Phi) is 8.45. The molecule has 1 aliphatic rings. The molecular formula is C25H32N4O2. The quantitative estimate of drug-likeness (QED) is 0.609. The van der Waals surface area contributed by atoms with E-state index in [2.05, 4.69) is 65.8 Å². The summed E-state index contributed by atoms with van der Waals surface area (Å²) < 4.78 is 5.95. The molecule has 1 atom stereocenters. The van der Waals surface area contributed by atoms with Gasteiger partial charge in [-0.25, -0.2) is 0 Å².